The third-order valence-electron chi connectivity index (χ3n) is 2.67. The van der Waals surface area contributed by atoms with E-state index in [1.54, 1.807) is 0 Å². The van der Waals surface area contributed by atoms with Crippen molar-refractivity contribution in [1.29, 1.82) is 0 Å². The van der Waals surface area contributed by atoms with E-state index >= 15 is 0 Å². The number of benzene rings is 1. The van der Waals surface area contributed by atoms with Crippen LogP contribution in [0.15, 0.2) is 36.5 Å². The Morgan fingerprint density at radius 2 is 2.05 bits per heavy atom. The zero-order valence-electron chi connectivity index (χ0n) is 11.0. The standard InChI is InChI=1S/C14H11FN2O4/c1-21-12-5-2-8(7-16-12)13(18)17-11-4-3-9(15)6-10(11)14(19)20/h2-7H,1H3,(H,17,18)(H,19,20). The quantitative estimate of drug-likeness (QED) is 0.901. The summed E-state index contributed by atoms with van der Waals surface area (Å²) in [5, 5.41) is 11.4. The fourth-order valence-corrected chi connectivity index (χ4v) is 1.63. The van der Waals surface area contributed by atoms with Gasteiger partial charge in [-0.3, -0.25) is 4.79 Å². The third kappa shape index (κ3) is 3.33. The lowest BCUT2D eigenvalue weighted by atomic mass is 10.1. The van der Waals surface area contributed by atoms with Crippen LogP contribution in [0.4, 0.5) is 10.1 Å². The highest BCUT2D eigenvalue weighted by Gasteiger charge is 2.15. The Morgan fingerprint density at radius 1 is 1.29 bits per heavy atom. The Hall–Kier alpha value is -2.96. The number of hydrogen-bond acceptors (Lipinski definition) is 4. The second-order valence-electron chi connectivity index (χ2n) is 4.04. The minimum atomic E-state index is -1.34. The topological polar surface area (TPSA) is 88.5 Å². The zero-order chi connectivity index (χ0) is 15.4. The van der Waals surface area contributed by atoms with Gasteiger partial charge in [-0.25, -0.2) is 14.2 Å². The first-order valence-corrected chi connectivity index (χ1v) is 5.85. The van der Waals surface area contributed by atoms with Gasteiger partial charge in [0, 0.05) is 12.3 Å². The number of carbonyl (C=O) groups excluding carboxylic acids is 1. The fraction of sp³-hybridized carbons (Fsp3) is 0.0714. The molecule has 2 N–H and O–H groups in total. The molecule has 6 nitrogen and oxygen atoms in total. The summed E-state index contributed by atoms with van der Waals surface area (Å²) < 4.78 is 17.9. The number of nitrogens with one attached hydrogen (secondary N) is 1. The van der Waals surface area contributed by atoms with Crippen LogP contribution in [0.1, 0.15) is 20.7 Å². The minimum absolute atomic E-state index is 0.00437. The number of hydrogen-bond donors (Lipinski definition) is 2. The van der Waals surface area contributed by atoms with Crippen LogP contribution in [-0.2, 0) is 0 Å². The van der Waals surface area contributed by atoms with Crippen molar-refractivity contribution in [2.45, 2.75) is 0 Å². The molecule has 0 unspecified atom stereocenters. The molecule has 0 aliphatic heterocycles. The largest absolute Gasteiger partial charge is 0.481 e. The van der Waals surface area contributed by atoms with E-state index in [9.17, 15) is 14.0 Å². The summed E-state index contributed by atoms with van der Waals surface area (Å²) in [4.78, 5) is 26.9. The van der Waals surface area contributed by atoms with Gasteiger partial charge in [-0.05, 0) is 24.3 Å². The molecule has 0 spiro atoms. The predicted octanol–water partition coefficient (Wildman–Crippen LogP) is 2.18. The van der Waals surface area contributed by atoms with Crippen LogP contribution >= 0.6 is 0 Å². The monoisotopic (exact) mass is 290 g/mol. The molecular weight excluding hydrogens is 279 g/mol. The molecule has 1 heterocycles. The van der Waals surface area contributed by atoms with Crippen LogP contribution in [0, 0.1) is 5.82 Å². The van der Waals surface area contributed by atoms with Crippen molar-refractivity contribution >= 4 is 17.6 Å². The van der Waals surface area contributed by atoms with Gasteiger partial charge in [0.05, 0.1) is 23.9 Å². The van der Waals surface area contributed by atoms with Crippen LogP contribution in [0.2, 0.25) is 0 Å². The molecule has 0 radical (unpaired) electrons. The highest BCUT2D eigenvalue weighted by atomic mass is 19.1. The Bertz CT molecular complexity index is 686. The molecule has 1 amide bonds. The molecule has 0 saturated carbocycles. The third-order valence-corrected chi connectivity index (χ3v) is 2.67. The summed E-state index contributed by atoms with van der Waals surface area (Å²) in [6.45, 7) is 0. The molecule has 0 saturated heterocycles. The van der Waals surface area contributed by atoms with Crippen LogP contribution in [0.5, 0.6) is 5.88 Å². The number of ether oxygens (including phenoxy) is 1. The number of methoxy groups -OCH3 is 1. The summed E-state index contributed by atoms with van der Waals surface area (Å²) in [5.41, 5.74) is -0.106. The van der Waals surface area contributed by atoms with E-state index in [-0.39, 0.29) is 16.8 Å². The maximum atomic E-state index is 13.1. The predicted molar refractivity (Wildman–Crippen MR) is 72.1 cm³/mol. The Morgan fingerprint density at radius 3 is 2.62 bits per heavy atom. The lowest BCUT2D eigenvalue weighted by Gasteiger charge is -2.08. The average Bonchev–Trinajstić information content (AvgIpc) is 2.49. The second kappa shape index (κ2) is 6.00. The van der Waals surface area contributed by atoms with Crippen molar-refractivity contribution in [3.63, 3.8) is 0 Å². The van der Waals surface area contributed by atoms with Gasteiger partial charge in [-0.15, -0.1) is 0 Å². The number of amides is 1. The fourth-order valence-electron chi connectivity index (χ4n) is 1.63. The highest BCUT2D eigenvalue weighted by molar-refractivity contribution is 6.07. The van der Waals surface area contributed by atoms with Crippen LogP contribution < -0.4 is 10.1 Å². The Kier molecular flexibility index (Phi) is 4.13. The molecule has 0 fully saturated rings. The number of aromatic nitrogens is 1. The van der Waals surface area contributed by atoms with E-state index < -0.39 is 17.7 Å². The number of carboxylic acid groups (broad SMARTS) is 1. The Balaban J connectivity index is 2.24. The molecule has 1 aromatic carbocycles. The second-order valence-corrected chi connectivity index (χ2v) is 4.04. The smallest absolute Gasteiger partial charge is 0.337 e. The molecular formula is C14H11FN2O4. The summed E-state index contributed by atoms with van der Waals surface area (Å²) in [6.07, 6.45) is 1.29. The van der Waals surface area contributed by atoms with Crippen molar-refractivity contribution < 1.29 is 23.8 Å². The summed E-state index contributed by atoms with van der Waals surface area (Å²) in [5.74, 6) is -2.24. The van der Waals surface area contributed by atoms with E-state index in [1.165, 1.54) is 31.5 Å². The highest BCUT2D eigenvalue weighted by Crippen LogP contribution is 2.18. The first-order chi connectivity index (χ1) is 10.0. The van der Waals surface area contributed by atoms with Gasteiger partial charge in [0.25, 0.3) is 5.91 Å². The minimum Gasteiger partial charge on any atom is -0.481 e. The van der Waals surface area contributed by atoms with Gasteiger partial charge in [0.2, 0.25) is 5.88 Å². The van der Waals surface area contributed by atoms with Crippen molar-refractivity contribution in [3.8, 4) is 5.88 Å². The number of halogens is 1. The average molecular weight is 290 g/mol. The first-order valence-electron chi connectivity index (χ1n) is 5.85. The van der Waals surface area contributed by atoms with E-state index in [4.69, 9.17) is 9.84 Å². The molecule has 0 atom stereocenters. The van der Waals surface area contributed by atoms with Crippen LogP contribution in [0.25, 0.3) is 0 Å². The number of aromatic carboxylic acids is 1. The maximum Gasteiger partial charge on any atom is 0.337 e. The molecule has 21 heavy (non-hydrogen) atoms. The number of carboxylic acids is 1. The van der Waals surface area contributed by atoms with E-state index in [2.05, 4.69) is 10.3 Å². The first kappa shape index (κ1) is 14.4. The van der Waals surface area contributed by atoms with Crippen molar-refractivity contribution in [2.24, 2.45) is 0 Å². The van der Waals surface area contributed by atoms with Gasteiger partial charge in [-0.2, -0.15) is 0 Å². The molecule has 2 rings (SSSR count). The molecule has 0 bridgehead atoms. The number of nitrogens with zero attached hydrogens (tertiary/aromatic N) is 1. The number of pyridine rings is 1. The van der Waals surface area contributed by atoms with Crippen LogP contribution in [-0.4, -0.2) is 29.1 Å². The summed E-state index contributed by atoms with van der Waals surface area (Å²) in [6, 6.07) is 6.06. The summed E-state index contributed by atoms with van der Waals surface area (Å²) >= 11 is 0. The van der Waals surface area contributed by atoms with E-state index in [1.807, 2.05) is 0 Å². The SMILES string of the molecule is COc1ccc(C(=O)Nc2ccc(F)cc2C(=O)O)cn1. The van der Waals surface area contributed by atoms with Gasteiger partial charge < -0.3 is 15.2 Å². The molecule has 0 aliphatic carbocycles. The molecule has 1 aromatic heterocycles. The maximum absolute atomic E-state index is 13.1. The summed E-state index contributed by atoms with van der Waals surface area (Å²) in [7, 11) is 1.44. The number of carbonyl (C=O) groups is 2. The Labute approximate surface area is 119 Å². The van der Waals surface area contributed by atoms with E-state index in [0.717, 1.165) is 12.1 Å². The van der Waals surface area contributed by atoms with Crippen molar-refractivity contribution in [2.75, 3.05) is 12.4 Å². The molecule has 7 heteroatoms. The van der Waals surface area contributed by atoms with Crippen LogP contribution in [0.3, 0.4) is 0 Å². The molecule has 0 aliphatic rings. The number of rotatable bonds is 4. The molecule has 108 valence electrons. The van der Waals surface area contributed by atoms with Gasteiger partial charge in [0.15, 0.2) is 0 Å². The van der Waals surface area contributed by atoms with Crippen molar-refractivity contribution in [1.82, 2.24) is 4.98 Å². The van der Waals surface area contributed by atoms with Gasteiger partial charge in [-0.1, -0.05) is 0 Å². The van der Waals surface area contributed by atoms with E-state index in [0.29, 0.717) is 5.88 Å². The van der Waals surface area contributed by atoms with Crippen molar-refractivity contribution in [3.05, 3.63) is 53.5 Å². The lowest BCUT2D eigenvalue weighted by molar-refractivity contribution is 0.0697. The lowest BCUT2D eigenvalue weighted by Crippen LogP contribution is -2.15. The zero-order valence-corrected chi connectivity index (χ0v) is 11.0. The van der Waals surface area contributed by atoms with Gasteiger partial charge in [0.1, 0.15) is 5.82 Å². The van der Waals surface area contributed by atoms with Gasteiger partial charge >= 0.3 is 5.97 Å². The molecule has 2 aromatic rings. The number of anilines is 1. The normalized spacial score (nSPS) is 10.0.